The molecule has 0 spiro atoms. The summed E-state index contributed by atoms with van der Waals surface area (Å²) in [6, 6.07) is 24.5. The summed E-state index contributed by atoms with van der Waals surface area (Å²) in [7, 11) is 0.140. The summed E-state index contributed by atoms with van der Waals surface area (Å²) in [5.74, 6) is 1.23. The first-order chi connectivity index (χ1) is 11.7. The van der Waals surface area contributed by atoms with Gasteiger partial charge in [0.1, 0.15) is 11.5 Å². The summed E-state index contributed by atoms with van der Waals surface area (Å²) >= 11 is 0. The van der Waals surface area contributed by atoms with Gasteiger partial charge in [-0.3, -0.25) is 0 Å². The Balaban J connectivity index is 2.30. The first-order valence-corrected chi connectivity index (χ1v) is 9.34. The van der Waals surface area contributed by atoms with Crippen molar-refractivity contribution in [3.05, 3.63) is 78.9 Å². The molecule has 0 aromatic heterocycles. The topological polar surface area (TPSA) is 35.5 Å². The molecule has 3 rings (SSSR count). The average molecular weight is 338 g/mol. The molecule has 0 unspecified atom stereocenters. The van der Waals surface area contributed by atoms with Gasteiger partial charge in [0.05, 0.1) is 19.5 Å². The second-order valence-corrected chi connectivity index (χ2v) is 8.05. The van der Waals surface area contributed by atoms with Gasteiger partial charge in [0, 0.05) is 16.7 Å². The largest absolute Gasteiger partial charge is 0.497 e. The molecule has 0 aliphatic heterocycles. The van der Waals surface area contributed by atoms with Gasteiger partial charge in [0.15, 0.2) is 7.14 Å². The van der Waals surface area contributed by atoms with Crippen molar-refractivity contribution in [1.82, 2.24) is 0 Å². The third-order valence-corrected chi connectivity index (χ3v) is 7.06. The van der Waals surface area contributed by atoms with Gasteiger partial charge in [0.25, 0.3) is 0 Å². The van der Waals surface area contributed by atoms with Crippen molar-refractivity contribution in [3.63, 3.8) is 0 Å². The zero-order valence-electron chi connectivity index (χ0n) is 13.7. The summed E-state index contributed by atoms with van der Waals surface area (Å²) < 4.78 is 25.1. The fourth-order valence-corrected chi connectivity index (χ4v) is 5.54. The van der Waals surface area contributed by atoms with Crippen molar-refractivity contribution in [2.75, 3.05) is 14.2 Å². The minimum absolute atomic E-state index is 0.561. The third kappa shape index (κ3) is 2.83. The lowest BCUT2D eigenvalue weighted by Crippen LogP contribution is -2.26. The minimum Gasteiger partial charge on any atom is -0.497 e. The third-order valence-electron chi connectivity index (χ3n) is 3.97. The first kappa shape index (κ1) is 16.4. The van der Waals surface area contributed by atoms with Gasteiger partial charge in [-0.2, -0.15) is 0 Å². The van der Waals surface area contributed by atoms with Crippen LogP contribution in [0, 0.1) is 0 Å². The summed E-state index contributed by atoms with van der Waals surface area (Å²) in [4.78, 5) is 0. The van der Waals surface area contributed by atoms with Crippen LogP contribution < -0.4 is 25.4 Å². The van der Waals surface area contributed by atoms with Crippen LogP contribution in [-0.2, 0) is 4.57 Å². The molecule has 122 valence electrons. The molecule has 24 heavy (non-hydrogen) atoms. The molecule has 0 heterocycles. The van der Waals surface area contributed by atoms with Gasteiger partial charge >= 0.3 is 0 Å². The standard InChI is InChI=1S/C20H19O3P/c1-22-16-13-14-20(19(15-16)23-2)24(21,17-9-5-3-6-10-17)18-11-7-4-8-12-18/h3-15H,1-2H3. The van der Waals surface area contributed by atoms with Crippen LogP contribution in [0.3, 0.4) is 0 Å². The van der Waals surface area contributed by atoms with Gasteiger partial charge in [-0.25, -0.2) is 0 Å². The van der Waals surface area contributed by atoms with E-state index in [1.807, 2.05) is 72.8 Å². The zero-order chi connectivity index (χ0) is 17.0. The Kier molecular flexibility index (Phi) is 4.73. The Hall–Kier alpha value is -2.51. The highest BCUT2D eigenvalue weighted by molar-refractivity contribution is 7.85. The van der Waals surface area contributed by atoms with E-state index in [9.17, 15) is 4.57 Å². The maximum absolute atomic E-state index is 14.3. The maximum atomic E-state index is 14.3. The van der Waals surface area contributed by atoms with E-state index < -0.39 is 7.14 Å². The molecule has 4 heteroatoms. The summed E-state index contributed by atoms with van der Waals surface area (Å²) in [6.07, 6.45) is 0. The molecule has 3 aromatic carbocycles. The van der Waals surface area contributed by atoms with E-state index in [1.54, 1.807) is 20.3 Å². The molecule has 0 saturated heterocycles. The van der Waals surface area contributed by atoms with Gasteiger partial charge < -0.3 is 14.0 Å². The van der Waals surface area contributed by atoms with E-state index in [-0.39, 0.29) is 0 Å². The first-order valence-electron chi connectivity index (χ1n) is 7.64. The quantitative estimate of drug-likeness (QED) is 0.670. The van der Waals surface area contributed by atoms with E-state index in [4.69, 9.17) is 9.47 Å². The van der Waals surface area contributed by atoms with Crippen LogP contribution in [0.1, 0.15) is 0 Å². The monoisotopic (exact) mass is 338 g/mol. The number of methoxy groups -OCH3 is 2. The van der Waals surface area contributed by atoms with Gasteiger partial charge in [-0.15, -0.1) is 0 Å². The van der Waals surface area contributed by atoms with Gasteiger partial charge in [0.2, 0.25) is 0 Å². The highest BCUT2D eigenvalue weighted by Gasteiger charge is 2.32. The Morgan fingerprint density at radius 2 is 1.25 bits per heavy atom. The minimum atomic E-state index is -3.04. The summed E-state index contributed by atoms with van der Waals surface area (Å²) in [5, 5.41) is 2.22. The number of hydrogen-bond acceptors (Lipinski definition) is 3. The van der Waals surface area contributed by atoms with E-state index in [0.717, 1.165) is 10.6 Å². The Morgan fingerprint density at radius 3 is 1.71 bits per heavy atom. The SMILES string of the molecule is COc1ccc(P(=O)(c2ccccc2)c2ccccc2)c(OC)c1. The maximum Gasteiger partial charge on any atom is 0.174 e. The Morgan fingerprint density at radius 1 is 0.708 bits per heavy atom. The highest BCUT2D eigenvalue weighted by atomic mass is 31.2. The lowest BCUT2D eigenvalue weighted by Gasteiger charge is -2.22. The van der Waals surface area contributed by atoms with E-state index in [1.165, 1.54) is 0 Å². The fourth-order valence-electron chi connectivity index (χ4n) is 2.75. The molecule has 3 nitrogen and oxygen atoms in total. The fraction of sp³-hybridized carbons (Fsp3) is 0.100. The average Bonchev–Trinajstić information content (AvgIpc) is 2.68. The number of ether oxygens (including phenoxy) is 2. The summed E-state index contributed by atoms with van der Waals surface area (Å²) in [5.41, 5.74) is 0. The van der Waals surface area contributed by atoms with Crippen LogP contribution in [0.5, 0.6) is 11.5 Å². The predicted octanol–water partition coefficient (Wildman–Crippen LogP) is 3.34. The van der Waals surface area contributed by atoms with E-state index in [0.29, 0.717) is 16.8 Å². The lowest BCUT2D eigenvalue weighted by atomic mass is 10.3. The molecule has 0 aliphatic rings. The molecule has 0 bridgehead atoms. The Labute approximate surface area is 142 Å². The van der Waals surface area contributed by atoms with Crippen molar-refractivity contribution in [2.24, 2.45) is 0 Å². The second kappa shape index (κ2) is 6.94. The number of hydrogen-bond donors (Lipinski definition) is 0. The van der Waals surface area contributed by atoms with Crippen molar-refractivity contribution >= 4 is 23.1 Å². The molecule has 0 fully saturated rings. The van der Waals surface area contributed by atoms with Crippen molar-refractivity contribution in [1.29, 1.82) is 0 Å². The predicted molar refractivity (Wildman–Crippen MR) is 98.9 cm³/mol. The van der Waals surface area contributed by atoms with E-state index >= 15 is 0 Å². The van der Waals surface area contributed by atoms with E-state index in [2.05, 4.69) is 0 Å². The van der Waals surface area contributed by atoms with Gasteiger partial charge in [-0.05, 0) is 12.1 Å². The highest BCUT2D eigenvalue weighted by Crippen LogP contribution is 2.45. The second-order valence-electron chi connectivity index (χ2n) is 5.32. The summed E-state index contributed by atoms with van der Waals surface area (Å²) in [6.45, 7) is 0. The molecule has 0 aliphatic carbocycles. The van der Waals surface area contributed by atoms with Crippen LogP contribution >= 0.6 is 7.14 Å². The van der Waals surface area contributed by atoms with Crippen LogP contribution in [0.2, 0.25) is 0 Å². The number of benzene rings is 3. The van der Waals surface area contributed by atoms with Crippen molar-refractivity contribution < 1.29 is 14.0 Å². The zero-order valence-corrected chi connectivity index (χ0v) is 14.6. The van der Waals surface area contributed by atoms with Crippen LogP contribution in [0.25, 0.3) is 0 Å². The van der Waals surface area contributed by atoms with Crippen LogP contribution in [0.15, 0.2) is 78.9 Å². The smallest absolute Gasteiger partial charge is 0.174 e. The molecule has 0 atom stereocenters. The molecular weight excluding hydrogens is 319 g/mol. The lowest BCUT2D eigenvalue weighted by molar-refractivity contribution is 0.396. The molecular formula is C20H19O3P. The van der Waals surface area contributed by atoms with Crippen LogP contribution in [0.4, 0.5) is 0 Å². The molecule has 0 radical (unpaired) electrons. The van der Waals surface area contributed by atoms with Crippen molar-refractivity contribution in [3.8, 4) is 11.5 Å². The van der Waals surface area contributed by atoms with Crippen LogP contribution in [-0.4, -0.2) is 14.2 Å². The molecule has 3 aromatic rings. The van der Waals surface area contributed by atoms with Crippen molar-refractivity contribution in [2.45, 2.75) is 0 Å². The van der Waals surface area contributed by atoms with Gasteiger partial charge in [-0.1, -0.05) is 60.7 Å². The molecule has 0 N–H and O–H groups in total. The Bertz CT molecular complexity index is 817. The number of rotatable bonds is 5. The normalized spacial score (nSPS) is 11.1. The molecule has 0 saturated carbocycles. The molecule has 0 amide bonds.